The van der Waals surface area contributed by atoms with E-state index in [9.17, 15) is 0 Å². The first-order valence-electron chi connectivity index (χ1n) is 18.9. The van der Waals surface area contributed by atoms with Gasteiger partial charge in [0.2, 0.25) is 0 Å². The highest BCUT2D eigenvalue weighted by Gasteiger charge is 2.41. The van der Waals surface area contributed by atoms with Gasteiger partial charge in [0.1, 0.15) is 23.0 Å². The van der Waals surface area contributed by atoms with Crippen molar-refractivity contribution >= 4 is 40.2 Å². The van der Waals surface area contributed by atoms with Gasteiger partial charge in [-0.05, 0) is 91.5 Å². The summed E-state index contributed by atoms with van der Waals surface area (Å²) in [5, 5.41) is 0. The van der Waals surface area contributed by atoms with Crippen LogP contribution in [0.5, 0.6) is 23.0 Å². The zero-order valence-corrected chi connectivity index (χ0v) is 31.9. The fourth-order valence-electron chi connectivity index (χ4n) is 7.89. The number of anilines is 3. The van der Waals surface area contributed by atoms with E-state index in [1.165, 1.54) is 22.3 Å². The third-order valence-electron chi connectivity index (χ3n) is 10.9. The van der Waals surface area contributed by atoms with Crippen molar-refractivity contribution in [2.75, 3.05) is 4.90 Å². The Labute approximate surface area is 319 Å². The van der Waals surface area contributed by atoms with Gasteiger partial charge in [-0.2, -0.15) is 0 Å². The van der Waals surface area contributed by atoms with Crippen molar-refractivity contribution in [2.24, 2.45) is 0 Å². The highest BCUT2D eigenvalue weighted by atomic mass is 16.5. The molecule has 9 rings (SSSR count). The molecule has 3 nitrogen and oxygen atoms in total. The standard InChI is InChI=1S/C50H44BNO2/c1-49(2,3)37-23-17-33(18-24-37)35-21-27-42-44(29-35)53-46-31-41(52(39-13-9-7-10-14-39)40-15-11-8-12-16-40)32-47-48(46)51(42)43-28-22-36(30-45(43)54-47)34-19-25-38(26-20-34)50(4,5)6/h7-32H,1-6H3. The van der Waals surface area contributed by atoms with E-state index >= 15 is 0 Å². The first-order valence-corrected chi connectivity index (χ1v) is 18.9. The molecule has 4 heteroatoms. The van der Waals surface area contributed by atoms with Gasteiger partial charge in [-0.1, -0.05) is 151 Å². The van der Waals surface area contributed by atoms with Crippen LogP contribution in [0.25, 0.3) is 22.3 Å². The summed E-state index contributed by atoms with van der Waals surface area (Å²) in [6, 6.07) is 56.6. The van der Waals surface area contributed by atoms with E-state index in [2.05, 4.69) is 204 Å². The van der Waals surface area contributed by atoms with Crippen LogP contribution in [0.2, 0.25) is 0 Å². The van der Waals surface area contributed by atoms with Gasteiger partial charge >= 0.3 is 0 Å². The number of para-hydroxylation sites is 2. The summed E-state index contributed by atoms with van der Waals surface area (Å²) < 4.78 is 13.9. The molecule has 0 radical (unpaired) electrons. The zero-order chi connectivity index (χ0) is 37.2. The first-order chi connectivity index (χ1) is 26.0. The lowest BCUT2D eigenvalue weighted by atomic mass is 9.34. The molecular weight excluding hydrogens is 657 g/mol. The van der Waals surface area contributed by atoms with Crippen LogP contribution in [0.4, 0.5) is 17.1 Å². The van der Waals surface area contributed by atoms with Crippen LogP contribution in [0.1, 0.15) is 52.7 Å². The van der Waals surface area contributed by atoms with Gasteiger partial charge in [-0.25, -0.2) is 0 Å². The lowest BCUT2D eigenvalue weighted by Crippen LogP contribution is -2.57. The maximum Gasteiger partial charge on any atom is 0.260 e. The molecule has 7 aromatic carbocycles. The van der Waals surface area contributed by atoms with Gasteiger partial charge in [0.15, 0.2) is 0 Å². The summed E-state index contributed by atoms with van der Waals surface area (Å²) in [5.41, 5.74) is 13.8. The highest BCUT2D eigenvalue weighted by Crippen LogP contribution is 2.43. The van der Waals surface area contributed by atoms with Crippen molar-refractivity contribution in [1.29, 1.82) is 0 Å². The Balaban J connectivity index is 1.20. The topological polar surface area (TPSA) is 21.7 Å². The minimum absolute atomic E-state index is 0.0481. The number of ether oxygens (including phenoxy) is 2. The molecule has 7 aromatic rings. The summed E-state index contributed by atoms with van der Waals surface area (Å²) >= 11 is 0. The third-order valence-corrected chi connectivity index (χ3v) is 10.9. The van der Waals surface area contributed by atoms with Crippen LogP contribution in [-0.2, 0) is 10.8 Å². The van der Waals surface area contributed by atoms with Crippen molar-refractivity contribution in [3.05, 3.63) is 169 Å². The van der Waals surface area contributed by atoms with E-state index < -0.39 is 0 Å². The molecule has 0 atom stereocenters. The monoisotopic (exact) mass is 701 g/mol. The Bertz CT molecular complexity index is 2320. The van der Waals surface area contributed by atoms with Crippen molar-refractivity contribution in [2.45, 2.75) is 52.4 Å². The van der Waals surface area contributed by atoms with Crippen LogP contribution in [0.3, 0.4) is 0 Å². The van der Waals surface area contributed by atoms with E-state index in [4.69, 9.17) is 9.47 Å². The van der Waals surface area contributed by atoms with Crippen molar-refractivity contribution in [1.82, 2.24) is 0 Å². The molecular formula is C50H44BNO2. The van der Waals surface area contributed by atoms with Crippen LogP contribution < -0.4 is 30.8 Å². The van der Waals surface area contributed by atoms with Gasteiger partial charge in [0, 0.05) is 29.0 Å². The largest absolute Gasteiger partial charge is 0.458 e. The molecule has 0 bridgehead atoms. The number of hydrogen-bond acceptors (Lipinski definition) is 3. The number of fused-ring (bicyclic) bond motifs is 4. The molecule has 2 aliphatic heterocycles. The molecule has 0 saturated heterocycles. The second-order valence-electron chi connectivity index (χ2n) is 16.7. The lowest BCUT2D eigenvalue weighted by molar-refractivity contribution is 0.465. The molecule has 54 heavy (non-hydrogen) atoms. The summed E-state index contributed by atoms with van der Waals surface area (Å²) in [5.74, 6) is 3.36. The molecule has 0 aromatic heterocycles. The maximum absolute atomic E-state index is 6.97. The Morgan fingerprint density at radius 2 is 0.778 bits per heavy atom. The normalized spacial score (nSPS) is 12.9. The fourth-order valence-corrected chi connectivity index (χ4v) is 7.89. The average molecular weight is 702 g/mol. The smallest absolute Gasteiger partial charge is 0.260 e. The second-order valence-corrected chi connectivity index (χ2v) is 16.7. The number of rotatable bonds is 5. The lowest BCUT2D eigenvalue weighted by Gasteiger charge is -2.35. The van der Waals surface area contributed by atoms with Gasteiger partial charge in [-0.15, -0.1) is 0 Å². The van der Waals surface area contributed by atoms with E-state index in [0.29, 0.717) is 0 Å². The molecule has 0 spiro atoms. The fraction of sp³-hybridized carbons (Fsp3) is 0.160. The molecule has 0 unspecified atom stereocenters. The Morgan fingerprint density at radius 3 is 1.17 bits per heavy atom. The second kappa shape index (κ2) is 12.8. The van der Waals surface area contributed by atoms with Gasteiger partial charge in [0.25, 0.3) is 6.71 Å². The number of nitrogens with zero attached hydrogens (tertiary/aromatic N) is 1. The average Bonchev–Trinajstić information content (AvgIpc) is 3.17. The van der Waals surface area contributed by atoms with E-state index in [-0.39, 0.29) is 17.5 Å². The first kappa shape index (κ1) is 33.8. The van der Waals surface area contributed by atoms with Gasteiger partial charge < -0.3 is 14.4 Å². The van der Waals surface area contributed by atoms with E-state index in [1.807, 2.05) is 0 Å². The number of benzene rings is 7. The van der Waals surface area contributed by atoms with Crippen LogP contribution in [0.15, 0.2) is 158 Å². The van der Waals surface area contributed by atoms with Gasteiger partial charge in [-0.3, -0.25) is 0 Å². The Hall–Kier alpha value is -6.00. The summed E-state index contributed by atoms with van der Waals surface area (Å²) in [4.78, 5) is 2.27. The van der Waals surface area contributed by atoms with Crippen molar-refractivity contribution in [3.8, 4) is 45.3 Å². The third kappa shape index (κ3) is 6.06. The SMILES string of the molecule is CC(C)(C)c1ccc(-c2ccc3c(c2)Oc2cc(N(c4ccccc4)c4ccccc4)cc4c2B3c2ccc(-c3ccc(C(C)(C)C)cc3)cc2O4)cc1. The molecule has 0 saturated carbocycles. The summed E-state index contributed by atoms with van der Waals surface area (Å²) in [6.45, 7) is 13.5. The summed E-state index contributed by atoms with van der Waals surface area (Å²) in [6.07, 6.45) is 0. The predicted octanol–water partition coefficient (Wildman–Crippen LogP) is 11.8. The maximum atomic E-state index is 6.97. The molecule has 0 N–H and O–H groups in total. The molecule has 264 valence electrons. The molecule has 2 aliphatic rings. The van der Waals surface area contributed by atoms with Crippen molar-refractivity contribution < 1.29 is 9.47 Å². The Kier molecular flexibility index (Phi) is 8.04. The van der Waals surface area contributed by atoms with E-state index in [0.717, 1.165) is 67.6 Å². The quantitative estimate of drug-likeness (QED) is 0.167. The van der Waals surface area contributed by atoms with Crippen LogP contribution in [0, 0.1) is 0 Å². The van der Waals surface area contributed by atoms with Crippen molar-refractivity contribution in [3.63, 3.8) is 0 Å². The predicted molar refractivity (Wildman–Crippen MR) is 227 cm³/mol. The van der Waals surface area contributed by atoms with Crippen LogP contribution >= 0.6 is 0 Å². The molecule has 2 heterocycles. The van der Waals surface area contributed by atoms with E-state index in [1.54, 1.807) is 0 Å². The van der Waals surface area contributed by atoms with Crippen LogP contribution in [-0.4, -0.2) is 6.71 Å². The minimum atomic E-state index is -0.0481. The molecule has 0 fully saturated rings. The molecule has 0 amide bonds. The highest BCUT2D eigenvalue weighted by molar-refractivity contribution is 6.98. The molecule has 0 aliphatic carbocycles. The number of hydrogen-bond donors (Lipinski definition) is 0. The zero-order valence-electron chi connectivity index (χ0n) is 31.9. The summed E-state index contributed by atoms with van der Waals surface area (Å²) in [7, 11) is 0. The Morgan fingerprint density at radius 1 is 0.389 bits per heavy atom. The minimum Gasteiger partial charge on any atom is -0.458 e. The van der Waals surface area contributed by atoms with Gasteiger partial charge in [0.05, 0.1) is 5.69 Å².